The van der Waals surface area contributed by atoms with Gasteiger partial charge in [0.05, 0.1) is 15.9 Å². The maximum atomic E-state index is 5.25. The van der Waals surface area contributed by atoms with Gasteiger partial charge >= 0.3 is 0 Å². The Morgan fingerprint density at radius 2 is 1.46 bits per heavy atom. The Labute approximate surface area is 234 Å². The number of hydrogen-bond acceptors (Lipinski definition) is 3. The average molecular weight is 525 g/mol. The number of hydrogen-bond donors (Lipinski definition) is 0. The summed E-state index contributed by atoms with van der Waals surface area (Å²) in [5.74, 6) is 0. The van der Waals surface area contributed by atoms with Gasteiger partial charge in [-0.25, -0.2) is 4.98 Å². The largest absolute Gasteiger partial charge is 0.256 e. The number of aromatic nitrogens is 1. The van der Waals surface area contributed by atoms with Crippen molar-refractivity contribution in [3.8, 4) is 21.7 Å². The second-order valence-electron chi connectivity index (χ2n) is 11.4. The van der Waals surface area contributed by atoms with E-state index in [0.717, 1.165) is 27.3 Å². The predicted molar refractivity (Wildman–Crippen MR) is 170 cm³/mol. The van der Waals surface area contributed by atoms with Crippen LogP contribution in [0.4, 0.5) is 5.69 Å². The maximum Gasteiger partial charge on any atom is 0.126 e. The molecule has 0 saturated heterocycles. The Morgan fingerprint density at radius 3 is 2.26 bits per heavy atom. The molecule has 0 aliphatic carbocycles. The second-order valence-corrected chi connectivity index (χ2v) is 12.4. The van der Waals surface area contributed by atoms with E-state index in [4.69, 9.17) is 9.98 Å². The molecular formula is C36H32N2S. The summed E-state index contributed by atoms with van der Waals surface area (Å²) in [4.78, 5) is 10.2. The number of fused-ring (bicyclic) bond motifs is 2. The minimum absolute atomic E-state index is 0.0343. The van der Waals surface area contributed by atoms with Gasteiger partial charge in [0.15, 0.2) is 0 Å². The van der Waals surface area contributed by atoms with Gasteiger partial charge in [-0.3, -0.25) is 4.99 Å². The molecule has 0 spiro atoms. The van der Waals surface area contributed by atoms with Crippen LogP contribution in [0.1, 0.15) is 43.0 Å². The molecule has 5 aromatic carbocycles. The number of nitrogens with zero attached hydrogens (tertiary/aromatic N) is 2. The predicted octanol–water partition coefficient (Wildman–Crippen LogP) is 10.4. The van der Waals surface area contributed by atoms with Gasteiger partial charge in [0.25, 0.3) is 0 Å². The Hall–Kier alpha value is -4.08. The molecule has 1 aromatic heterocycles. The lowest BCUT2D eigenvalue weighted by molar-refractivity contribution is 0.591. The summed E-state index contributed by atoms with van der Waals surface area (Å²) in [5, 5.41) is 3.41. The number of rotatable bonds is 4. The molecule has 192 valence electrons. The normalized spacial score (nSPS) is 12.1. The van der Waals surface area contributed by atoms with Crippen LogP contribution in [0.15, 0.2) is 102 Å². The van der Waals surface area contributed by atoms with Crippen molar-refractivity contribution in [3.05, 3.63) is 119 Å². The zero-order valence-electron chi connectivity index (χ0n) is 23.1. The summed E-state index contributed by atoms with van der Waals surface area (Å²) < 4.78 is 1.21. The smallest absolute Gasteiger partial charge is 0.126 e. The first kappa shape index (κ1) is 25.2. The fourth-order valence-corrected chi connectivity index (χ4v) is 6.26. The first-order valence-electron chi connectivity index (χ1n) is 13.4. The highest BCUT2D eigenvalue weighted by molar-refractivity contribution is 7.21. The number of aryl methyl sites for hydroxylation is 2. The molecule has 39 heavy (non-hydrogen) atoms. The van der Waals surface area contributed by atoms with Crippen molar-refractivity contribution in [3.63, 3.8) is 0 Å². The number of benzene rings is 5. The molecule has 0 bridgehead atoms. The lowest BCUT2D eigenvalue weighted by Crippen LogP contribution is -2.11. The van der Waals surface area contributed by atoms with Crippen molar-refractivity contribution >= 4 is 44.2 Å². The van der Waals surface area contributed by atoms with Crippen molar-refractivity contribution in [2.45, 2.75) is 40.0 Å². The van der Waals surface area contributed by atoms with E-state index in [0.29, 0.717) is 0 Å². The van der Waals surface area contributed by atoms with Gasteiger partial charge in [-0.15, -0.1) is 11.3 Å². The Bertz CT molecular complexity index is 1840. The molecule has 0 fully saturated rings. The molecule has 6 rings (SSSR count). The molecule has 0 atom stereocenters. The van der Waals surface area contributed by atoms with Crippen molar-refractivity contribution in [2.24, 2.45) is 4.99 Å². The monoisotopic (exact) mass is 524 g/mol. The number of para-hydroxylation sites is 1. The van der Waals surface area contributed by atoms with Gasteiger partial charge in [0, 0.05) is 22.9 Å². The van der Waals surface area contributed by atoms with Crippen molar-refractivity contribution in [1.82, 2.24) is 4.98 Å². The van der Waals surface area contributed by atoms with E-state index in [9.17, 15) is 0 Å². The minimum atomic E-state index is 0.0343. The van der Waals surface area contributed by atoms with Crippen molar-refractivity contribution in [1.29, 1.82) is 0 Å². The Kier molecular flexibility index (Phi) is 6.40. The van der Waals surface area contributed by atoms with Crippen LogP contribution in [0.3, 0.4) is 0 Å². The van der Waals surface area contributed by atoms with Crippen LogP contribution in [0.25, 0.3) is 42.7 Å². The van der Waals surface area contributed by atoms with Gasteiger partial charge in [-0.2, -0.15) is 0 Å². The van der Waals surface area contributed by atoms with Crippen LogP contribution in [-0.2, 0) is 5.41 Å². The van der Waals surface area contributed by atoms with Crippen molar-refractivity contribution in [2.75, 3.05) is 0 Å². The van der Waals surface area contributed by atoms with Crippen LogP contribution in [0, 0.1) is 13.8 Å². The third-order valence-electron chi connectivity index (χ3n) is 7.19. The van der Waals surface area contributed by atoms with Crippen LogP contribution in [0.5, 0.6) is 0 Å². The van der Waals surface area contributed by atoms with Gasteiger partial charge in [0.2, 0.25) is 0 Å². The highest BCUT2D eigenvalue weighted by Gasteiger charge is 2.20. The Balaban J connectivity index is 1.50. The van der Waals surface area contributed by atoms with Gasteiger partial charge in [-0.1, -0.05) is 105 Å². The zero-order valence-corrected chi connectivity index (χ0v) is 23.9. The highest BCUT2D eigenvalue weighted by Crippen LogP contribution is 2.41. The molecule has 0 radical (unpaired) electrons. The first-order valence-corrected chi connectivity index (χ1v) is 14.2. The maximum absolute atomic E-state index is 5.25. The second kappa shape index (κ2) is 9.91. The fourth-order valence-electron chi connectivity index (χ4n) is 5.20. The number of aliphatic imine (C=N–C) groups is 1. The summed E-state index contributed by atoms with van der Waals surface area (Å²) in [5.41, 5.74) is 10.5. The fraction of sp³-hybridized carbons (Fsp3) is 0.167. The molecule has 0 saturated carbocycles. The summed E-state index contributed by atoms with van der Waals surface area (Å²) >= 11 is 1.75. The van der Waals surface area contributed by atoms with E-state index < -0.39 is 0 Å². The van der Waals surface area contributed by atoms with Gasteiger partial charge in [0.1, 0.15) is 5.01 Å². The zero-order chi connectivity index (χ0) is 27.1. The van der Waals surface area contributed by atoms with E-state index >= 15 is 0 Å². The standard InChI is InChI=1S/C36H32N2S/c1-23-17-24(2)19-27(18-23)31-20-28(36(3,4)5)21-33-34(31)38-35(39-33)30-15-8-9-16-32(30)37-22-26-13-10-12-25-11-6-7-14-29(25)26/h6-22H,1-5H3. The van der Waals surface area contributed by atoms with E-state index in [1.165, 1.54) is 43.3 Å². The van der Waals surface area contributed by atoms with Gasteiger partial charge in [-0.05, 0) is 65.4 Å². The molecule has 1 heterocycles. The topological polar surface area (TPSA) is 25.2 Å². The molecule has 2 nitrogen and oxygen atoms in total. The third-order valence-corrected chi connectivity index (χ3v) is 8.23. The third kappa shape index (κ3) is 5.03. The van der Waals surface area contributed by atoms with E-state index in [1.54, 1.807) is 11.3 Å². The minimum Gasteiger partial charge on any atom is -0.256 e. The van der Waals surface area contributed by atoms with Crippen LogP contribution >= 0.6 is 11.3 Å². The first-order chi connectivity index (χ1) is 18.8. The average Bonchev–Trinajstić information content (AvgIpc) is 3.35. The summed E-state index contributed by atoms with van der Waals surface area (Å²) in [6.45, 7) is 11.2. The molecule has 6 aromatic rings. The summed E-state index contributed by atoms with van der Waals surface area (Å²) in [7, 11) is 0. The lowest BCUT2D eigenvalue weighted by atomic mass is 9.85. The SMILES string of the molecule is Cc1cc(C)cc(-c2cc(C(C)(C)C)cc3sc(-c4ccccc4N=Cc4cccc5ccccc45)nc23)c1. The molecule has 0 aliphatic heterocycles. The quantitative estimate of drug-likeness (QED) is 0.211. The van der Waals surface area contributed by atoms with E-state index in [1.807, 2.05) is 12.3 Å². The molecule has 0 unspecified atom stereocenters. The molecule has 0 aliphatic rings. The molecule has 0 N–H and O–H groups in total. The van der Waals surface area contributed by atoms with Crippen LogP contribution < -0.4 is 0 Å². The molecule has 3 heteroatoms. The summed E-state index contributed by atoms with van der Waals surface area (Å²) in [6, 6.07) is 34.6. The molecular weight excluding hydrogens is 492 g/mol. The highest BCUT2D eigenvalue weighted by atomic mass is 32.1. The van der Waals surface area contributed by atoms with Crippen LogP contribution in [0.2, 0.25) is 0 Å². The van der Waals surface area contributed by atoms with Crippen molar-refractivity contribution < 1.29 is 0 Å². The number of thiazole rings is 1. The Morgan fingerprint density at radius 1 is 0.744 bits per heavy atom. The lowest BCUT2D eigenvalue weighted by Gasteiger charge is -2.20. The molecule has 0 amide bonds. The van der Waals surface area contributed by atoms with E-state index in [2.05, 4.69) is 126 Å². The van der Waals surface area contributed by atoms with Gasteiger partial charge < -0.3 is 0 Å². The van der Waals surface area contributed by atoms with E-state index in [-0.39, 0.29) is 5.41 Å². The summed E-state index contributed by atoms with van der Waals surface area (Å²) in [6.07, 6.45) is 1.98. The van der Waals surface area contributed by atoms with Crippen LogP contribution in [-0.4, -0.2) is 11.2 Å².